The number of hydrogen-bond acceptors (Lipinski definition) is 4. The quantitative estimate of drug-likeness (QED) is 0.688. The highest BCUT2D eigenvalue weighted by molar-refractivity contribution is 5.93. The van der Waals surface area contributed by atoms with Crippen LogP contribution in [0.25, 0.3) is 22.1 Å². The van der Waals surface area contributed by atoms with Crippen molar-refractivity contribution in [2.45, 2.75) is 20.0 Å². The first kappa shape index (κ1) is 15.0. The fraction of sp³-hybridized carbons (Fsp3) is 0.158. The summed E-state index contributed by atoms with van der Waals surface area (Å²) in [5, 5.41) is 0.818. The van der Waals surface area contributed by atoms with Crippen LogP contribution in [-0.4, -0.2) is 11.9 Å². The predicted molar refractivity (Wildman–Crippen MR) is 88.7 cm³/mol. The van der Waals surface area contributed by atoms with E-state index in [1.807, 2.05) is 36.4 Å². The molecular formula is C19H16O4. The van der Waals surface area contributed by atoms with E-state index in [1.165, 1.54) is 13.0 Å². The highest BCUT2D eigenvalue weighted by Gasteiger charge is 2.12. The van der Waals surface area contributed by atoms with Crippen LogP contribution in [0.1, 0.15) is 13.8 Å². The van der Waals surface area contributed by atoms with Gasteiger partial charge in [0.1, 0.15) is 11.3 Å². The van der Waals surface area contributed by atoms with Gasteiger partial charge in [0, 0.05) is 17.5 Å². The van der Waals surface area contributed by atoms with E-state index in [0.717, 1.165) is 16.5 Å². The van der Waals surface area contributed by atoms with E-state index < -0.39 is 11.7 Å². The Morgan fingerprint density at radius 1 is 1.09 bits per heavy atom. The number of hydrogen-bond donors (Lipinski definition) is 0. The number of fused-ring (bicyclic) bond motifs is 1. The summed E-state index contributed by atoms with van der Waals surface area (Å²) in [4.78, 5) is 23.2. The second-order valence-electron chi connectivity index (χ2n) is 5.37. The van der Waals surface area contributed by atoms with Gasteiger partial charge < -0.3 is 9.15 Å². The Morgan fingerprint density at radius 3 is 2.52 bits per heavy atom. The van der Waals surface area contributed by atoms with Gasteiger partial charge in [-0.2, -0.15) is 0 Å². The molecule has 1 heterocycles. The van der Waals surface area contributed by atoms with E-state index >= 15 is 0 Å². The zero-order chi connectivity index (χ0) is 16.4. The number of ether oxygens (including phenoxy) is 1. The van der Waals surface area contributed by atoms with E-state index in [0.29, 0.717) is 11.3 Å². The largest absolute Gasteiger partial charge is 0.483 e. The Hall–Kier alpha value is -2.88. The zero-order valence-electron chi connectivity index (χ0n) is 12.9. The summed E-state index contributed by atoms with van der Waals surface area (Å²) in [6, 6.07) is 16.4. The normalized spacial score (nSPS) is 12.1. The molecule has 1 aromatic heterocycles. The Bertz CT molecular complexity index is 910. The summed E-state index contributed by atoms with van der Waals surface area (Å²) in [6.07, 6.45) is -0.545. The molecule has 23 heavy (non-hydrogen) atoms. The average molecular weight is 308 g/mol. The summed E-state index contributed by atoms with van der Waals surface area (Å²) >= 11 is 0. The second-order valence-corrected chi connectivity index (χ2v) is 5.37. The Balaban J connectivity index is 2.11. The van der Waals surface area contributed by atoms with Crippen molar-refractivity contribution in [3.8, 4) is 16.9 Å². The zero-order valence-corrected chi connectivity index (χ0v) is 12.9. The first-order chi connectivity index (χ1) is 11.0. The van der Waals surface area contributed by atoms with Crippen LogP contribution in [0.15, 0.2) is 63.8 Å². The van der Waals surface area contributed by atoms with Crippen LogP contribution in [0.2, 0.25) is 0 Å². The summed E-state index contributed by atoms with van der Waals surface area (Å²) in [6.45, 7) is 3.16. The van der Waals surface area contributed by atoms with E-state index in [2.05, 4.69) is 0 Å². The highest BCUT2D eigenvalue weighted by atomic mass is 16.5. The van der Waals surface area contributed by atoms with E-state index in [-0.39, 0.29) is 5.78 Å². The van der Waals surface area contributed by atoms with Crippen LogP contribution in [-0.2, 0) is 4.79 Å². The van der Waals surface area contributed by atoms with Crippen LogP contribution in [0, 0.1) is 0 Å². The average Bonchev–Trinajstić information content (AvgIpc) is 2.54. The molecule has 0 aliphatic rings. The Kier molecular flexibility index (Phi) is 3.98. The molecule has 2 aromatic carbocycles. The summed E-state index contributed by atoms with van der Waals surface area (Å²) < 4.78 is 10.8. The summed E-state index contributed by atoms with van der Waals surface area (Å²) in [5.41, 5.74) is 1.76. The third kappa shape index (κ3) is 3.16. The molecule has 0 saturated carbocycles. The van der Waals surface area contributed by atoms with Crippen molar-refractivity contribution in [2.75, 3.05) is 0 Å². The minimum absolute atomic E-state index is 0.0652. The molecule has 4 heteroatoms. The molecule has 1 unspecified atom stereocenters. The summed E-state index contributed by atoms with van der Waals surface area (Å²) in [5.74, 6) is 0.429. The van der Waals surface area contributed by atoms with Gasteiger partial charge in [-0.25, -0.2) is 4.79 Å². The fourth-order valence-corrected chi connectivity index (χ4v) is 2.36. The predicted octanol–water partition coefficient (Wildman–Crippen LogP) is 3.82. The lowest BCUT2D eigenvalue weighted by Gasteiger charge is -2.12. The molecular weight excluding hydrogens is 292 g/mol. The number of carbonyl (C=O) groups is 1. The van der Waals surface area contributed by atoms with E-state index in [4.69, 9.17) is 9.15 Å². The molecule has 0 saturated heterocycles. The molecule has 0 bridgehead atoms. The van der Waals surface area contributed by atoms with Crippen molar-refractivity contribution in [1.82, 2.24) is 0 Å². The van der Waals surface area contributed by atoms with E-state index in [1.54, 1.807) is 19.1 Å². The smallest absolute Gasteiger partial charge is 0.336 e. The number of ketones is 1. The van der Waals surface area contributed by atoms with Gasteiger partial charge in [-0.1, -0.05) is 30.3 Å². The molecule has 0 aliphatic carbocycles. The van der Waals surface area contributed by atoms with E-state index in [9.17, 15) is 9.59 Å². The van der Waals surface area contributed by atoms with Gasteiger partial charge >= 0.3 is 5.63 Å². The van der Waals surface area contributed by atoms with Crippen LogP contribution in [0.3, 0.4) is 0 Å². The van der Waals surface area contributed by atoms with Crippen molar-refractivity contribution in [2.24, 2.45) is 0 Å². The minimum atomic E-state index is -0.545. The third-order valence-electron chi connectivity index (χ3n) is 3.69. The second kappa shape index (κ2) is 6.08. The van der Waals surface area contributed by atoms with Crippen molar-refractivity contribution < 1.29 is 13.9 Å². The first-order valence-electron chi connectivity index (χ1n) is 7.35. The molecule has 0 aliphatic heterocycles. The molecule has 0 spiro atoms. The van der Waals surface area contributed by atoms with Crippen molar-refractivity contribution >= 4 is 16.8 Å². The Labute approximate surface area is 133 Å². The SMILES string of the molecule is CC(=O)C(C)Oc1ccc2c(-c3ccccc3)cc(=O)oc2c1. The van der Waals surface area contributed by atoms with Crippen LogP contribution in [0.4, 0.5) is 0 Å². The molecule has 1 atom stereocenters. The van der Waals surface area contributed by atoms with Crippen LogP contribution in [0.5, 0.6) is 5.75 Å². The first-order valence-corrected chi connectivity index (χ1v) is 7.35. The molecule has 0 N–H and O–H groups in total. The standard InChI is InChI=1S/C19H16O4/c1-12(20)13(2)22-15-8-9-16-17(14-6-4-3-5-7-14)11-19(21)23-18(16)10-15/h3-11,13H,1-2H3. The number of rotatable bonds is 4. The van der Waals surface area contributed by atoms with Gasteiger partial charge in [0.2, 0.25) is 0 Å². The maximum Gasteiger partial charge on any atom is 0.336 e. The maximum absolute atomic E-state index is 11.9. The number of Topliss-reactive ketones (excluding diaryl/α,β-unsaturated/α-hetero) is 1. The molecule has 3 aromatic rings. The minimum Gasteiger partial charge on any atom is -0.483 e. The lowest BCUT2D eigenvalue weighted by molar-refractivity contribution is -0.122. The molecule has 0 amide bonds. The van der Waals surface area contributed by atoms with Crippen molar-refractivity contribution in [3.05, 3.63) is 65.0 Å². The van der Waals surface area contributed by atoms with Crippen LogP contribution >= 0.6 is 0 Å². The van der Waals surface area contributed by atoms with Crippen molar-refractivity contribution in [3.63, 3.8) is 0 Å². The lowest BCUT2D eigenvalue weighted by Crippen LogP contribution is -2.20. The van der Waals surface area contributed by atoms with Gasteiger partial charge in [0.15, 0.2) is 11.9 Å². The molecule has 116 valence electrons. The van der Waals surface area contributed by atoms with Crippen LogP contribution < -0.4 is 10.4 Å². The van der Waals surface area contributed by atoms with Gasteiger partial charge in [-0.05, 0) is 37.1 Å². The molecule has 0 fully saturated rings. The number of benzene rings is 2. The Morgan fingerprint density at radius 2 is 1.83 bits per heavy atom. The molecule has 4 nitrogen and oxygen atoms in total. The number of carbonyl (C=O) groups excluding carboxylic acids is 1. The third-order valence-corrected chi connectivity index (χ3v) is 3.69. The lowest BCUT2D eigenvalue weighted by atomic mass is 10.0. The molecule has 3 rings (SSSR count). The summed E-state index contributed by atoms with van der Waals surface area (Å²) in [7, 11) is 0. The topological polar surface area (TPSA) is 56.5 Å². The van der Waals surface area contributed by atoms with Gasteiger partial charge in [0.25, 0.3) is 0 Å². The molecule has 0 radical (unpaired) electrons. The van der Waals surface area contributed by atoms with Gasteiger partial charge in [0.05, 0.1) is 0 Å². The fourth-order valence-electron chi connectivity index (χ4n) is 2.36. The van der Waals surface area contributed by atoms with Gasteiger partial charge in [-0.15, -0.1) is 0 Å². The highest BCUT2D eigenvalue weighted by Crippen LogP contribution is 2.29. The van der Waals surface area contributed by atoms with Crippen molar-refractivity contribution in [1.29, 1.82) is 0 Å². The maximum atomic E-state index is 11.9. The van der Waals surface area contributed by atoms with Gasteiger partial charge in [-0.3, -0.25) is 4.79 Å². The monoisotopic (exact) mass is 308 g/mol.